The average molecular weight is 268 g/mol. The normalized spacial score (nSPS) is 11.1. The molecule has 0 saturated heterocycles. The van der Waals surface area contributed by atoms with Crippen molar-refractivity contribution >= 4 is 20.9 Å². The van der Waals surface area contributed by atoms with Gasteiger partial charge in [0.1, 0.15) is 10.1 Å². The van der Waals surface area contributed by atoms with Crippen LogP contribution in [0.5, 0.6) is 0 Å². The third-order valence-electron chi connectivity index (χ3n) is 2.75. The quantitative estimate of drug-likeness (QED) is 0.442. The molecule has 0 bridgehead atoms. The van der Waals surface area contributed by atoms with Crippen LogP contribution >= 0.6 is 0 Å². The van der Waals surface area contributed by atoms with Gasteiger partial charge in [0, 0.05) is 0 Å². The van der Waals surface area contributed by atoms with Gasteiger partial charge in [0.25, 0.3) is 0 Å². The summed E-state index contributed by atoms with van der Waals surface area (Å²) in [5.41, 5.74) is 1.35. The monoisotopic (exact) mass is 268 g/mol. The summed E-state index contributed by atoms with van der Waals surface area (Å²) in [5.74, 6) is 0. The molecule has 5 heteroatoms. The summed E-state index contributed by atoms with van der Waals surface area (Å²) in [7, 11) is -4.46. The third kappa shape index (κ3) is 3.49. The Balaban J connectivity index is 0.00000180. The van der Waals surface area contributed by atoms with Gasteiger partial charge in [0.2, 0.25) is 0 Å². The Kier molecular flexibility index (Phi) is 5.00. The first-order chi connectivity index (χ1) is 8.39. The number of allylic oxidation sites excluding steroid dienone is 1. The van der Waals surface area contributed by atoms with E-state index >= 15 is 0 Å². The zero-order chi connectivity index (χ0) is 13.3. The van der Waals surface area contributed by atoms with Crippen molar-refractivity contribution in [3.05, 3.63) is 54.1 Å². The van der Waals surface area contributed by atoms with E-state index in [2.05, 4.69) is 6.58 Å². The van der Waals surface area contributed by atoms with Gasteiger partial charge in [0.05, 0.1) is 4.90 Å². The van der Waals surface area contributed by atoms with Crippen LogP contribution in [0.15, 0.2) is 53.4 Å². The van der Waals surface area contributed by atoms with Crippen molar-refractivity contribution in [2.45, 2.75) is 18.2 Å². The maximum absolute atomic E-state index is 11.3. The molecule has 0 amide bonds. The predicted molar refractivity (Wildman–Crippen MR) is 70.4 cm³/mol. The minimum Gasteiger partial charge on any atom is -0.744 e. The predicted octanol–water partition coefficient (Wildman–Crippen LogP) is -0.133. The fourth-order valence-corrected chi connectivity index (χ4v) is 2.75. The molecule has 2 aromatic rings. The summed E-state index contributed by atoms with van der Waals surface area (Å²) in [6.45, 7) is 5.59. The molecule has 0 aliphatic rings. The second-order valence-corrected chi connectivity index (χ2v) is 5.70. The summed E-state index contributed by atoms with van der Waals surface area (Å²) in [6.07, 6.45) is 0.387. The van der Waals surface area contributed by atoms with Crippen LogP contribution in [0, 0.1) is 0 Å². The number of benzene rings is 2. The second kappa shape index (κ2) is 5.94. The molecule has 0 aliphatic carbocycles. The number of rotatable bonds is 3. The molecule has 0 spiro atoms. The maximum Gasteiger partial charge on any atom is 1.00 e. The summed E-state index contributed by atoms with van der Waals surface area (Å²) in [6, 6.07) is 10.4. The topological polar surface area (TPSA) is 57.2 Å². The van der Waals surface area contributed by atoms with Gasteiger partial charge in [-0.15, -0.1) is 0 Å². The Labute approximate surface area is 125 Å². The molecule has 0 heterocycles. The smallest absolute Gasteiger partial charge is 0.744 e. The van der Waals surface area contributed by atoms with Crippen molar-refractivity contribution in [2.75, 3.05) is 0 Å². The van der Waals surface area contributed by atoms with Crippen LogP contribution in [0.1, 0.15) is 12.5 Å². The fraction of sp³-hybridized carbons (Fsp3) is 0.143. The van der Waals surface area contributed by atoms with E-state index in [1.807, 2.05) is 31.2 Å². The summed E-state index contributed by atoms with van der Waals surface area (Å²) >= 11 is 0. The van der Waals surface area contributed by atoms with Gasteiger partial charge < -0.3 is 4.55 Å². The van der Waals surface area contributed by atoms with Gasteiger partial charge in [-0.25, -0.2) is 8.42 Å². The molecule has 0 radical (unpaired) electrons. The molecule has 2 rings (SSSR count). The van der Waals surface area contributed by atoms with Gasteiger partial charge in [-0.2, -0.15) is 0 Å². The van der Waals surface area contributed by atoms with Crippen LogP contribution in [-0.4, -0.2) is 13.0 Å². The molecular weight excluding hydrogens is 255 g/mol. The summed E-state index contributed by atoms with van der Waals surface area (Å²) in [4.78, 5) is -0.149. The van der Waals surface area contributed by atoms with Crippen molar-refractivity contribution in [3.8, 4) is 0 Å². The SMILES string of the molecule is C=C(C)Cc1c(S(=O)(=O)[O-])ccc2ccccc12.[Li+]. The molecule has 94 valence electrons. The Hall–Kier alpha value is -1.05. The first-order valence-corrected chi connectivity index (χ1v) is 6.91. The van der Waals surface area contributed by atoms with Gasteiger partial charge in [-0.1, -0.05) is 42.5 Å². The Bertz CT molecular complexity index is 721. The Morgan fingerprint density at radius 2 is 1.84 bits per heavy atom. The van der Waals surface area contributed by atoms with Gasteiger partial charge in [-0.3, -0.25) is 0 Å². The van der Waals surface area contributed by atoms with Crippen LogP contribution in [-0.2, 0) is 16.5 Å². The molecule has 0 fully saturated rings. The van der Waals surface area contributed by atoms with Gasteiger partial charge >= 0.3 is 18.9 Å². The van der Waals surface area contributed by atoms with Crippen LogP contribution in [0.4, 0.5) is 0 Å². The molecule has 2 aromatic carbocycles. The van der Waals surface area contributed by atoms with Gasteiger partial charge in [-0.05, 0) is 35.7 Å². The van der Waals surface area contributed by atoms with Crippen LogP contribution < -0.4 is 18.9 Å². The minimum atomic E-state index is -4.46. The molecule has 0 aliphatic heterocycles. The third-order valence-corrected chi connectivity index (χ3v) is 3.67. The van der Waals surface area contributed by atoms with E-state index in [0.717, 1.165) is 16.3 Å². The minimum absolute atomic E-state index is 0. The van der Waals surface area contributed by atoms with Crippen LogP contribution in [0.3, 0.4) is 0 Å². The van der Waals surface area contributed by atoms with Crippen molar-refractivity contribution < 1.29 is 31.8 Å². The molecule has 0 unspecified atom stereocenters. The summed E-state index contributed by atoms with van der Waals surface area (Å²) in [5, 5.41) is 1.71. The van der Waals surface area contributed by atoms with Crippen molar-refractivity contribution in [1.82, 2.24) is 0 Å². The standard InChI is InChI=1S/C14H14O3S.Li/c1-10(2)9-13-12-6-4-3-5-11(12)7-8-14(13)18(15,16)17;/h3-8H,1,9H2,2H3,(H,15,16,17);/q;+1/p-1. The first-order valence-electron chi connectivity index (χ1n) is 5.50. The van der Waals surface area contributed by atoms with E-state index in [0.29, 0.717) is 12.0 Å². The zero-order valence-electron chi connectivity index (χ0n) is 11.0. The van der Waals surface area contributed by atoms with E-state index in [4.69, 9.17) is 0 Å². The Morgan fingerprint density at radius 3 is 2.42 bits per heavy atom. The molecule has 3 nitrogen and oxygen atoms in total. The summed E-state index contributed by atoms with van der Waals surface area (Å²) < 4.78 is 33.9. The van der Waals surface area contributed by atoms with Crippen molar-refractivity contribution in [2.24, 2.45) is 0 Å². The Morgan fingerprint density at radius 1 is 1.21 bits per heavy atom. The van der Waals surface area contributed by atoms with Crippen LogP contribution in [0.2, 0.25) is 0 Å². The fourth-order valence-electron chi connectivity index (χ4n) is 2.03. The molecule has 19 heavy (non-hydrogen) atoms. The molecule has 0 saturated carbocycles. The van der Waals surface area contributed by atoms with E-state index < -0.39 is 10.1 Å². The van der Waals surface area contributed by atoms with E-state index in [1.165, 1.54) is 6.07 Å². The first kappa shape index (κ1) is 16.0. The molecule has 0 aromatic heterocycles. The van der Waals surface area contributed by atoms with Crippen molar-refractivity contribution in [1.29, 1.82) is 0 Å². The van der Waals surface area contributed by atoms with E-state index in [-0.39, 0.29) is 23.8 Å². The van der Waals surface area contributed by atoms with Gasteiger partial charge in [0.15, 0.2) is 0 Å². The molecule has 0 atom stereocenters. The zero-order valence-corrected chi connectivity index (χ0v) is 11.8. The number of hydrogen-bond donors (Lipinski definition) is 0. The molecule has 0 N–H and O–H groups in total. The average Bonchev–Trinajstić information content (AvgIpc) is 2.27. The number of fused-ring (bicyclic) bond motifs is 1. The molecular formula is C14H13LiO3S. The van der Waals surface area contributed by atoms with E-state index in [9.17, 15) is 13.0 Å². The van der Waals surface area contributed by atoms with Crippen LogP contribution in [0.25, 0.3) is 10.8 Å². The maximum atomic E-state index is 11.3. The van der Waals surface area contributed by atoms with Crippen molar-refractivity contribution in [3.63, 3.8) is 0 Å². The largest absolute Gasteiger partial charge is 1.00 e. The second-order valence-electron chi connectivity index (χ2n) is 4.35. The van der Waals surface area contributed by atoms with E-state index in [1.54, 1.807) is 6.07 Å². The number of hydrogen-bond acceptors (Lipinski definition) is 3.